The van der Waals surface area contributed by atoms with Gasteiger partial charge in [0.1, 0.15) is 22.4 Å². The van der Waals surface area contributed by atoms with Crippen LogP contribution in [0, 0.1) is 0 Å². The Kier molecular flexibility index (Phi) is 5.76. The van der Waals surface area contributed by atoms with Crippen LogP contribution in [0.1, 0.15) is 33.8 Å². The van der Waals surface area contributed by atoms with Crippen LogP contribution in [-0.2, 0) is 6.54 Å². The minimum absolute atomic E-state index is 0.358. The molecule has 3 heterocycles. The average Bonchev–Trinajstić information content (AvgIpc) is 3.32. The number of aromatic nitrogens is 2. The normalized spacial score (nSPS) is 12.2. The van der Waals surface area contributed by atoms with E-state index in [2.05, 4.69) is 10.3 Å². The zero-order chi connectivity index (χ0) is 21.3. The van der Waals surface area contributed by atoms with Gasteiger partial charge in [-0.3, -0.25) is 9.20 Å². The molecule has 3 N–H and O–H groups in total. The van der Waals surface area contributed by atoms with E-state index in [1.807, 2.05) is 67.0 Å². The quantitative estimate of drug-likeness (QED) is 0.437. The predicted octanol–water partition coefficient (Wildman–Crippen LogP) is 4.67. The highest BCUT2D eigenvalue weighted by Crippen LogP contribution is 2.39. The summed E-state index contributed by atoms with van der Waals surface area (Å²) in [5.74, 6) is -0.0889. The van der Waals surface area contributed by atoms with Gasteiger partial charge < -0.3 is 15.8 Å². The Hall–Kier alpha value is -2.87. The number of ether oxygens (including phenoxy) is 1. The topological polar surface area (TPSA) is 81.7 Å². The monoisotopic (exact) mass is 440 g/mol. The predicted molar refractivity (Wildman–Crippen MR) is 120 cm³/mol. The van der Waals surface area contributed by atoms with Crippen LogP contribution in [0.15, 0.2) is 54.9 Å². The fourth-order valence-electron chi connectivity index (χ4n) is 3.34. The number of thiophene rings is 1. The Balaban J connectivity index is 1.67. The van der Waals surface area contributed by atoms with E-state index in [9.17, 15) is 4.79 Å². The van der Waals surface area contributed by atoms with Gasteiger partial charge >= 0.3 is 0 Å². The van der Waals surface area contributed by atoms with Crippen LogP contribution < -0.4 is 15.8 Å². The number of fused-ring (bicyclic) bond motifs is 1. The van der Waals surface area contributed by atoms with Crippen LogP contribution in [0.4, 0.5) is 0 Å². The summed E-state index contributed by atoms with van der Waals surface area (Å²) in [7, 11) is 1.89. The standard InChI is InChI=1S/C22H21ClN4O2S/c1-13(15-7-6-14(11-25-2)9-16(15)23)29-18-10-19(30-21(18)22(24)28)17-12-26-20-5-3-4-8-27(17)20/h3-10,12-13,25H,11H2,1-2H3,(H2,24,28)/t13-/m1/s1. The van der Waals surface area contributed by atoms with Gasteiger partial charge in [-0.2, -0.15) is 0 Å². The van der Waals surface area contributed by atoms with Crippen molar-refractivity contribution < 1.29 is 9.53 Å². The van der Waals surface area contributed by atoms with E-state index >= 15 is 0 Å². The van der Waals surface area contributed by atoms with Crippen LogP contribution in [0.5, 0.6) is 5.75 Å². The first-order valence-electron chi connectivity index (χ1n) is 9.43. The number of nitrogens with two attached hydrogens (primary N) is 1. The van der Waals surface area contributed by atoms with Gasteiger partial charge in [-0.15, -0.1) is 11.3 Å². The molecule has 30 heavy (non-hydrogen) atoms. The Morgan fingerprint density at radius 1 is 1.33 bits per heavy atom. The minimum Gasteiger partial charge on any atom is -0.484 e. The van der Waals surface area contributed by atoms with Crippen LogP contribution >= 0.6 is 22.9 Å². The SMILES string of the molecule is CNCc1ccc([C@@H](C)Oc2cc(-c3cnc4ccccn34)sc2C(N)=O)c(Cl)c1. The Labute approximate surface area is 183 Å². The third-order valence-corrected chi connectivity index (χ3v) is 6.26. The number of primary amides is 1. The lowest BCUT2D eigenvalue weighted by Gasteiger charge is -2.17. The van der Waals surface area contributed by atoms with Gasteiger partial charge in [0.2, 0.25) is 0 Å². The molecule has 0 spiro atoms. The van der Waals surface area contributed by atoms with Crippen molar-refractivity contribution in [3.8, 4) is 16.3 Å². The highest BCUT2D eigenvalue weighted by atomic mass is 35.5. The Bertz CT molecular complexity index is 1220. The van der Waals surface area contributed by atoms with Crippen LogP contribution in [0.3, 0.4) is 0 Å². The highest BCUT2D eigenvalue weighted by molar-refractivity contribution is 7.17. The number of imidazole rings is 1. The van der Waals surface area contributed by atoms with Crippen molar-refractivity contribution in [2.45, 2.75) is 19.6 Å². The van der Waals surface area contributed by atoms with Gasteiger partial charge in [-0.05, 0) is 37.7 Å². The average molecular weight is 441 g/mol. The van der Waals surface area contributed by atoms with Crippen molar-refractivity contribution in [1.29, 1.82) is 0 Å². The summed E-state index contributed by atoms with van der Waals surface area (Å²) < 4.78 is 8.10. The van der Waals surface area contributed by atoms with E-state index in [0.29, 0.717) is 15.6 Å². The number of nitrogens with zero attached hydrogens (tertiary/aromatic N) is 2. The number of hydrogen-bond donors (Lipinski definition) is 2. The third kappa shape index (κ3) is 3.92. The van der Waals surface area contributed by atoms with E-state index in [1.165, 1.54) is 11.3 Å². The first kappa shape index (κ1) is 20.4. The summed E-state index contributed by atoms with van der Waals surface area (Å²) in [6.07, 6.45) is 3.34. The zero-order valence-corrected chi connectivity index (χ0v) is 18.1. The van der Waals surface area contributed by atoms with Crippen LogP contribution in [0.2, 0.25) is 5.02 Å². The number of rotatable bonds is 7. The lowest BCUT2D eigenvalue weighted by Crippen LogP contribution is -2.12. The van der Waals surface area contributed by atoms with Gasteiger partial charge in [-0.1, -0.05) is 29.8 Å². The number of nitrogens with one attached hydrogen (secondary N) is 1. The molecule has 0 aliphatic carbocycles. The Morgan fingerprint density at radius 2 is 2.17 bits per heavy atom. The van der Waals surface area contributed by atoms with Gasteiger partial charge in [0.15, 0.2) is 0 Å². The summed E-state index contributed by atoms with van der Waals surface area (Å²) in [4.78, 5) is 17.7. The zero-order valence-electron chi connectivity index (χ0n) is 16.6. The lowest BCUT2D eigenvalue weighted by molar-refractivity contribution is 0.0998. The molecule has 0 aliphatic rings. The number of hydrogen-bond acceptors (Lipinski definition) is 5. The maximum absolute atomic E-state index is 12.1. The third-order valence-electron chi connectivity index (χ3n) is 4.78. The molecule has 154 valence electrons. The number of carbonyl (C=O) groups excluding carboxylic acids is 1. The van der Waals surface area contributed by atoms with Crippen molar-refractivity contribution in [3.63, 3.8) is 0 Å². The highest BCUT2D eigenvalue weighted by Gasteiger charge is 2.21. The van der Waals surface area contributed by atoms with Crippen LogP contribution in [0.25, 0.3) is 16.2 Å². The van der Waals surface area contributed by atoms with Crippen molar-refractivity contribution in [2.75, 3.05) is 7.05 Å². The summed E-state index contributed by atoms with van der Waals surface area (Å²) in [5, 5.41) is 3.72. The number of halogens is 1. The van der Waals surface area contributed by atoms with E-state index in [0.717, 1.165) is 33.9 Å². The molecule has 6 nitrogen and oxygen atoms in total. The second kappa shape index (κ2) is 8.47. The van der Waals surface area contributed by atoms with Crippen molar-refractivity contribution >= 4 is 34.5 Å². The lowest BCUT2D eigenvalue weighted by atomic mass is 10.1. The molecule has 4 aromatic rings. The smallest absolute Gasteiger partial charge is 0.262 e. The number of amides is 1. The number of pyridine rings is 1. The fourth-order valence-corrected chi connectivity index (χ4v) is 4.65. The molecule has 1 amide bonds. The molecule has 0 bridgehead atoms. The van der Waals surface area contributed by atoms with Gasteiger partial charge in [0.05, 0.1) is 16.8 Å². The van der Waals surface area contributed by atoms with Crippen molar-refractivity contribution in [2.24, 2.45) is 5.73 Å². The molecule has 0 unspecified atom stereocenters. The molecule has 8 heteroatoms. The van der Waals surface area contributed by atoms with Gasteiger partial charge in [0, 0.05) is 29.4 Å². The second-order valence-electron chi connectivity index (χ2n) is 6.89. The molecule has 4 rings (SSSR count). The summed E-state index contributed by atoms with van der Waals surface area (Å²) >= 11 is 7.76. The first-order valence-corrected chi connectivity index (χ1v) is 10.6. The van der Waals surface area contributed by atoms with Gasteiger partial charge in [-0.25, -0.2) is 4.98 Å². The molecule has 0 fully saturated rings. The molecular weight excluding hydrogens is 420 g/mol. The molecule has 0 radical (unpaired) electrons. The van der Waals surface area contributed by atoms with E-state index in [-0.39, 0.29) is 6.10 Å². The second-order valence-corrected chi connectivity index (χ2v) is 8.35. The maximum atomic E-state index is 12.1. The first-order chi connectivity index (χ1) is 14.5. The summed E-state index contributed by atoms with van der Waals surface area (Å²) in [6.45, 7) is 2.63. The maximum Gasteiger partial charge on any atom is 0.262 e. The van der Waals surface area contributed by atoms with Gasteiger partial charge in [0.25, 0.3) is 5.91 Å². The summed E-state index contributed by atoms with van der Waals surface area (Å²) in [6, 6.07) is 13.5. The molecule has 3 aromatic heterocycles. The van der Waals surface area contributed by atoms with Crippen molar-refractivity contribution in [3.05, 3.63) is 75.9 Å². The molecule has 0 saturated carbocycles. The number of carbonyl (C=O) groups is 1. The van der Waals surface area contributed by atoms with E-state index < -0.39 is 5.91 Å². The molecule has 0 saturated heterocycles. The fraction of sp³-hybridized carbons (Fsp3) is 0.182. The summed E-state index contributed by atoms with van der Waals surface area (Å²) in [5.41, 5.74) is 9.25. The van der Waals surface area contributed by atoms with E-state index in [4.69, 9.17) is 22.1 Å². The molecule has 1 atom stereocenters. The number of benzene rings is 1. The van der Waals surface area contributed by atoms with Crippen molar-refractivity contribution in [1.82, 2.24) is 14.7 Å². The largest absolute Gasteiger partial charge is 0.484 e. The molecule has 0 aliphatic heterocycles. The van der Waals surface area contributed by atoms with Crippen LogP contribution in [-0.4, -0.2) is 22.3 Å². The molecule has 1 aromatic carbocycles. The van der Waals surface area contributed by atoms with E-state index in [1.54, 1.807) is 6.20 Å². The Morgan fingerprint density at radius 3 is 2.90 bits per heavy atom. The minimum atomic E-state index is -0.530. The molecular formula is C22H21ClN4O2S.